The van der Waals surface area contributed by atoms with Gasteiger partial charge in [-0.25, -0.2) is 0 Å². The van der Waals surface area contributed by atoms with E-state index in [9.17, 15) is 0 Å². The summed E-state index contributed by atoms with van der Waals surface area (Å²) in [6.07, 6.45) is 4.86. The zero-order valence-corrected chi connectivity index (χ0v) is 10.5. The van der Waals surface area contributed by atoms with Gasteiger partial charge in [-0.3, -0.25) is 0 Å². The molecule has 92 valence electrons. The normalized spacial score (nSPS) is 9.53. The average molecular weight is 231 g/mol. The van der Waals surface area contributed by atoms with Crippen LogP contribution in [0, 0.1) is 11.8 Å². The van der Waals surface area contributed by atoms with Crippen molar-refractivity contribution in [2.75, 3.05) is 13.2 Å². The monoisotopic (exact) mass is 231 g/mol. The summed E-state index contributed by atoms with van der Waals surface area (Å²) >= 11 is 0. The molecular weight excluding hydrogens is 210 g/mol. The fourth-order valence-electron chi connectivity index (χ4n) is 1.55. The van der Waals surface area contributed by atoms with Crippen LogP contribution in [0.5, 0.6) is 5.75 Å². The van der Waals surface area contributed by atoms with Crippen molar-refractivity contribution >= 4 is 0 Å². The molecule has 0 aliphatic carbocycles. The summed E-state index contributed by atoms with van der Waals surface area (Å²) in [5, 5.41) is 0. The topological polar surface area (TPSA) is 35.2 Å². The van der Waals surface area contributed by atoms with Gasteiger partial charge in [0.05, 0.1) is 18.7 Å². The highest BCUT2D eigenvalue weighted by atomic mass is 16.5. The van der Waals surface area contributed by atoms with E-state index in [0.29, 0.717) is 6.54 Å². The lowest BCUT2D eigenvalue weighted by Crippen LogP contribution is -1.99. The second-order valence-electron chi connectivity index (χ2n) is 3.91. The second kappa shape index (κ2) is 8.66. The van der Waals surface area contributed by atoms with E-state index in [1.807, 2.05) is 24.3 Å². The zero-order chi connectivity index (χ0) is 12.3. The molecule has 0 fully saturated rings. The minimum absolute atomic E-state index is 0.380. The van der Waals surface area contributed by atoms with Crippen LogP contribution in [0.3, 0.4) is 0 Å². The van der Waals surface area contributed by atoms with E-state index in [1.54, 1.807) is 0 Å². The third-order valence-corrected chi connectivity index (χ3v) is 2.47. The highest BCUT2D eigenvalue weighted by Gasteiger charge is 1.99. The van der Waals surface area contributed by atoms with Crippen molar-refractivity contribution in [2.45, 2.75) is 32.6 Å². The lowest BCUT2D eigenvalue weighted by Gasteiger charge is -2.07. The molecule has 0 saturated carbocycles. The Hall–Kier alpha value is -1.46. The summed E-state index contributed by atoms with van der Waals surface area (Å²) < 4.78 is 5.74. The van der Waals surface area contributed by atoms with Gasteiger partial charge in [-0.2, -0.15) is 0 Å². The smallest absolute Gasteiger partial charge is 0.134 e. The average Bonchev–Trinajstić information content (AvgIpc) is 2.37. The Labute approximate surface area is 104 Å². The fourth-order valence-corrected chi connectivity index (χ4v) is 1.55. The molecule has 2 nitrogen and oxygen atoms in total. The first kappa shape index (κ1) is 13.6. The number of rotatable bonds is 6. The predicted molar refractivity (Wildman–Crippen MR) is 72.0 cm³/mol. The van der Waals surface area contributed by atoms with Gasteiger partial charge in [0.1, 0.15) is 5.75 Å². The van der Waals surface area contributed by atoms with Crippen molar-refractivity contribution in [1.29, 1.82) is 0 Å². The van der Waals surface area contributed by atoms with Crippen LogP contribution in [0.1, 0.15) is 38.2 Å². The highest BCUT2D eigenvalue weighted by Crippen LogP contribution is 2.17. The number of hydrogen-bond acceptors (Lipinski definition) is 2. The Bertz CT molecular complexity index is 376. The molecule has 0 atom stereocenters. The third kappa shape index (κ3) is 5.42. The summed E-state index contributed by atoms with van der Waals surface area (Å²) in [4.78, 5) is 0. The molecule has 0 spiro atoms. The summed E-state index contributed by atoms with van der Waals surface area (Å²) in [6.45, 7) is 3.35. The van der Waals surface area contributed by atoms with Crippen LogP contribution in [0.15, 0.2) is 24.3 Å². The third-order valence-electron chi connectivity index (χ3n) is 2.47. The van der Waals surface area contributed by atoms with Crippen molar-refractivity contribution in [3.63, 3.8) is 0 Å². The Morgan fingerprint density at radius 3 is 2.76 bits per heavy atom. The first-order chi connectivity index (χ1) is 8.38. The fraction of sp³-hybridized carbons (Fsp3) is 0.467. The largest absolute Gasteiger partial charge is 0.492 e. The summed E-state index contributed by atoms with van der Waals surface area (Å²) in [6, 6.07) is 7.85. The number of benzene rings is 1. The van der Waals surface area contributed by atoms with Crippen LogP contribution in [0.4, 0.5) is 0 Å². The molecule has 0 heterocycles. The van der Waals surface area contributed by atoms with E-state index < -0.39 is 0 Å². The quantitative estimate of drug-likeness (QED) is 0.603. The van der Waals surface area contributed by atoms with Crippen LogP contribution < -0.4 is 10.5 Å². The summed E-state index contributed by atoms with van der Waals surface area (Å²) in [7, 11) is 0. The molecular formula is C15H21NO. The first-order valence-corrected chi connectivity index (χ1v) is 6.29. The molecule has 1 aromatic rings. The summed E-state index contributed by atoms with van der Waals surface area (Å²) in [5.74, 6) is 6.74. The van der Waals surface area contributed by atoms with Gasteiger partial charge in [0, 0.05) is 0 Å². The van der Waals surface area contributed by atoms with E-state index in [1.165, 1.54) is 19.3 Å². The van der Waals surface area contributed by atoms with Crippen LogP contribution in [-0.4, -0.2) is 13.2 Å². The highest BCUT2D eigenvalue weighted by molar-refractivity contribution is 5.45. The number of para-hydroxylation sites is 1. The first-order valence-electron chi connectivity index (χ1n) is 6.29. The molecule has 1 rings (SSSR count). The van der Waals surface area contributed by atoms with Gasteiger partial charge in [0.15, 0.2) is 0 Å². The van der Waals surface area contributed by atoms with Gasteiger partial charge in [-0.15, -0.1) is 0 Å². The predicted octanol–water partition coefficient (Wildman–Crippen LogP) is 2.96. The van der Waals surface area contributed by atoms with E-state index in [0.717, 1.165) is 24.3 Å². The molecule has 0 aliphatic rings. The zero-order valence-electron chi connectivity index (χ0n) is 10.5. The lowest BCUT2D eigenvalue weighted by molar-refractivity contribution is 0.304. The Morgan fingerprint density at radius 2 is 2.00 bits per heavy atom. The van der Waals surface area contributed by atoms with Crippen molar-refractivity contribution in [1.82, 2.24) is 0 Å². The molecule has 0 radical (unpaired) electrons. The minimum atomic E-state index is 0.380. The van der Waals surface area contributed by atoms with Gasteiger partial charge in [-0.05, 0) is 18.6 Å². The van der Waals surface area contributed by atoms with Gasteiger partial charge in [0.2, 0.25) is 0 Å². The maximum absolute atomic E-state index is 5.74. The van der Waals surface area contributed by atoms with Crippen LogP contribution in [0.2, 0.25) is 0 Å². The van der Waals surface area contributed by atoms with Gasteiger partial charge in [0.25, 0.3) is 0 Å². The number of ether oxygens (including phenoxy) is 1. The van der Waals surface area contributed by atoms with Crippen molar-refractivity contribution in [3.8, 4) is 17.6 Å². The van der Waals surface area contributed by atoms with Crippen molar-refractivity contribution in [2.24, 2.45) is 5.73 Å². The van der Waals surface area contributed by atoms with Gasteiger partial charge < -0.3 is 10.5 Å². The molecule has 0 aliphatic heterocycles. The Balaban J connectivity index is 2.46. The molecule has 0 aromatic heterocycles. The second-order valence-corrected chi connectivity index (χ2v) is 3.91. The van der Waals surface area contributed by atoms with Crippen LogP contribution in [-0.2, 0) is 0 Å². The standard InChI is InChI=1S/C15H21NO/c1-2-3-4-7-13-17-15-11-6-5-9-14(15)10-8-12-16/h5-6,9,11H,2-4,7,12-13,16H2,1H3. The molecule has 0 saturated heterocycles. The van der Waals surface area contributed by atoms with E-state index >= 15 is 0 Å². The number of unbranched alkanes of at least 4 members (excludes halogenated alkanes) is 3. The van der Waals surface area contributed by atoms with Crippen molar-refractivity contribution < 1.29 is 4.74 Å². The molecule has 2 heteroatoms. The van der Waals surface area contributed by atoms with Crippen LogP contribution >= 0.6 is 0 Å². The molecule has 0 unspecified atom stereocenters. The molecule has 0 bridgehead atoms. The molecule has 2 N–H and O–H groups in total. The lowest BCUT2D eigenvalue weighted by atomic mass is 10.2. The van der Waals surface area contributed by atoms with Crippen LogP contribution in [0.25, 0.3) is 0 Å². The SMILES string of the molecule is CCCCCCOc1ccccc1C#CCN. The Morgan fingerprint density at radius 1 is 1.18 bits per heavy atom. The van der Waals surface area contributed by atoms with E-state index in [2.05, 4.69) is 18.8 Å². The maximum atomic E-state index is 5.74. The maximum Gasteiger partial charge on any atom is 0.134 e. The Kier molecular flexibility index (Phi) is 6.93. The molecule has 1 aromatic carbocycles. The number of nitrogens with two attached hydrogens (primary N) is 1. The molecule has 0 amide bonds. The van der Waals surface area contributed by atoms with E-state index in [4.69, 9.17) is 10.5 Å². The molecule has 17 heavy (non-hydrogen) atoms. The summed E-state index contributed by atoms with van der Waals surface area (Å²) in [5.41, 5.74) is 6.29. The van der Waals surface area contributed by atoms with Gasteiger partial charge >= 0.3 is 0 Å². The van der Waals surface area contributed by atoms with Crippen molar-refractivity contribution in [3.05, 3.63) is 29.8 Å². The number of hydrogen-bond donors (Lipinski definition) is 1. The minimum Gasteiger partial charge on any atom is -0.492 e. The van der Waals surface area contributed by atoms with Gasteiger partial charge in [-0.1, -0.05) is 50.2 Å². The van der Waals surface area contributed by atoms with E-state index in [-0.39, 0.29) is 0 Å².